The molecule has 126 valence electrons. The summed E-state index contributed by atoms with van der Waals surface area (Å²) in [7, 11) is 0. The van der Waals surface area contributed by atoms with Gasteiger partial charge in [0.25, 0.3) is 0 Å². The second-order valence-corrected chi connectivity index (χ2v) is 6.84. The summed E-state index contributed by atoms with van der Waals surface area (Å²) in [6, 6.07) is 10.7. The molecule has 2 heterocycles. The SMILES string of the molecule is OC1(CCC(F)=C(F)F)CC2CCC(C1)N2Cc1ccccc1. The summed E-state index contributed by atoms with van der Waals surface area (Å²) in [5, 5.41) is 10.7. The first kappa shape index (κ1) is 16.5. The summed E-state index contributed by atoms with van der Waals surface area (Å²) in [6.45, 7) is 0.847. The Morgan fingerprint density at radius 2 is 1.70 bits per heavy atom. The van der Waals surface area contributed by atoms with Crippen LogP contribution >= 0.6 is 0 Å². The van der Waals surface area contributed by atoms with E-state index < -0.39 is 17.5 Å². The van der Waals surface area contributed by atoms with Crippen molar-refractivity contribution in [1.82, 2.24) is 4.90 Å². The lowest BCUT2D eigenvalue weighted by atomic mass is 9.82. The molecule has 1 N–H and O–H groups in total. The smallest absolute Gasteiger partial charge is 0.301 e. The van der Waals surface area contributed by atoms with E-state index in [-0.39, 0.29) is 24.9 Å². The third-order valence-electron chi connectivity index (χ3n) is 5.23. The number of hydrogen-bond acceptors (Lipinski definition) is 2. The van der Waals surface area contributed by atoms with Gasteiger partial charge in [-0.05, 0) is 37.7 Å². The Kier molecular flexibility index (Phi) is 4.78. The molecule has 0 radical (unpaired) electrons. The Hall–Kier alpha value is -1.33. The van der Waals surface area contributed by atoms with Crippen LogP contribution in [-0.4, -0.2) is 27.7 Å². The summed E-state index contributed by atoms with van der Waals surface area (Å²) in [6.07, 6.45) is 0.526. The number of halogens is 3. The summed E-state index contributed by atoms with van der Waals surface area (Å²) in [5.74, 6) is -1.39. The lowest BCUT2D eigenvalue weighted by molar-refractivity contribution is -0.0603. The van der Waals surface area contributed by atoms with Gasteiger partial charge in [-0.3, -0.25) is 4.90 Å². The Labute approximate surface area is 134 Å². The average molecular weight is 325 g/mol. The molecule has 2 aliphatic rings. The van der Waals surface area contributed by atoms with Crippen LogP contribution < -0.4 is 0 Å². The van der Waals surface area contributed by atoms with E-state index in [1.165, 1.54) is 5.56 Å². The van der Waals surface area contributed by atoms with Crippen LogP contribution in [0.3, 0.4) is 0 Å². The molecular weight excluding hydrogens is 303 g/mol. The summed E-state index contributed by atoms with van der Waals surface area (Å²) >= 11 is 0. The highest BCUT2D eigenvalue weighted by Crippen LogP contribution is 2.44. The van der Waals surface area contributed by atoms with Crippen LogP contribution in [-0.2, 0) is 6.54 Å². The van der Waals surface area contributed by atoms with Crippen LogP contribution in [0.5, 0.6) is 0 Å². The Bertz CT molecular complexity index is 557. The molecule has 2 fully saturated rings. The lowest BCUT2D eigenvalue weighted by Gasteiger charge is -2.44. The van der Waals surface area contributed by atoms with Gasteiger partial charge in [0.05, 0.1) is 5.60 Å². The fourth-order valence-electron chi connectivity index (χ4n) is 4.11. The molecule has 3 rings (SSSR count). The zero-order chi connectivity index (χ0) is 16.4. The van der Waals surface area contributed by atoms with Gasteiger partial charge in [0, 0.05) is 25.0 Å². The quantitative estimate of drug-likeness (QED) is 0.867. The van der Waals surface area contributed by atoms with Crippen molar-refractivity contribution < 1.29 is 18.3 Å². The summed E-state index contributed by atoms with van der Waals surface area (Å²) in [4.78, 5) is 2.41. The molecule has 0 spiro atoms. The Balaban J connectivity index is 1.63. The van der Waals surface area contributed by atoms with E-state index in [1.807, 2.05) is 18.2 Å². The second-order valence-electron chi connectivity index (χ2n) is 6.84. The summed E-state index contributed by atoms with van der Waals surface area (Å²) in [5.41, 5.74) is 0.217. The van der Waals surface area contributed by atoms with Crippen LogP contribution in [0.25, 0.3) is 0 Å². The standard InChI is InChI=1S/C18H22F3NO/c19-16(17(20)21)8-9-18(23)10-14-6-7-15(11-18)22(14)12-13-4-2-1-3-5-13/h1-5,14-15,23H,6-12H2. The number of fused-ring (bicyclic) bond motifs is 2. The first-order valence-electron chi connectivity index (χ1n) is 8.18. The third-order valence-corrected chi connectivity index (χ3v) is 5.23. The van der Waals surface area contributed by atoms with E-state index >= 15 is 0 Å². The van der Waals surface area contributed by atoms with Crippen LogP contribution in [0.2, 0.25) is 0 Å². The average Bonchev–Trinajstić information content (AvgIpc) is 2.78. The number of nitrogens with zero attached hydrogens (tertiary/aromatic N) is 1. The van der Waals surface area contributed by atoms with Crippen molar-refractivity contribution in [3.05, 3.63) is 47.8 Å². The van der Waals surface area contributed by atoms with E-state index in [2.05, 4.69) is 17.0 Å². The molecule has 2 nitrogen and oxygen atoms in total. The van der Waals surface area contributed by atoms with Gasteiger partial charge in [-0.2, -0.15) is 8.78 Å². The summed E-state index contributed by atoms with van der Waals surface area (Å²) < 4.78 is 37.4. The molecule has 1 aromatic rings. The number of benzene rings is 1. The van der Waals surface area contributed by atoms with Crippen LogP contribution in [0.1, 0.15) is 44.1 Å². The van der Waals surface area contributed by atoms with Crippen molar-refractivity contribution in [1.29, 1.82) is 0 Å². The van der Waals surface area contributed by atoms with E-state index in [4.69, 9.17) is 0 Å². The van der Waals surface area contributed by atoms with Gasteiger partial charge in [-0.15, -0.1) is 0 Å². The van der Waals surface area contributed by atoms with Gasteiger partial charge < -0.3 is 5.11 Å². The van der Waals surface area contributed by atoms with Gasteiger partial charge in [0.15, 0.2) is 5.83 Å². The molecule has 2 unspecified atom stereocenters. The highest BCUT2D eigenvalue weighted by molar-refractivity contribution is 5.16. The molecule has 0 aliphatic carbocycles. The van der Waals surface area contributed by atoms with Crippen molar-refractivity contribution in [3.8, 4) is 0 Å². The van der Waals surface area contributed by atoms with E-state index in [9.17, 15) is 18.3 Å². The molecule has 0 saturated carbocycles. The molecule has 0 amide bonds. The molecule has 23 heavy (non-hydrogen) atoms. The van der Waals surface area contributed by atoms with Gasteiger partial charge >= 0.3 is 6.08 Å². The molecule has 2 saturated heterocycles. The number of rotatable bonds is 5. The molecule has 2 bridgehead atoms. The minimum atomic E-state index is -2.27. The number of aliphatic hydroxyl groups is 1. The second kappa shape index (κ2) is 6.65. The molecule has 0 aromatic heterocycles. The minimum absolute atomic E-state index is 0.0718. The van der Waals surface area contributed by atoms with E-state index in [1.54, 1.807) is 0 Å². The van der Waals surface area contributed by atoms with Crippen molar-refractivity contribution in [2.24, 2.45) is 0 Å². The number of allylic oxidation sites excluding steroid dienone is 1. The molecule has 2 atom stereocenters. The van der Waals surface area contributed by atoms with Crippen molar-refractivity contribution >= 4 is 0 Å². The topological polar surface area (TPSA) is 23.5 Å². The van der Waals surface area contributed by atoms with Crippen molar-refractivity contribution in [3.63, 3.8) is 0 Å². The Morgan fingerprint density at radius 3 is 2.26 bits per heavy atom. The van der Waals surface area contributed by atoms with Crippen LogP contribution in [0.4, 0.5) is 13.2 Å². The van der Waals surface area contributed by atoms with Crippen molar-refractivity contribution in [2.75, 3.05) is 0 Å². The predicted octanol–water partition coefficient (Wildman–Crippen LogP) is 4.40. The molecular formula is C18H22F3NO. The highest BCUT2D eigenvalue weighted by atomic mass is 19.3. The van der Waals surface area contributed by atoms with Gasteiger partial charge in [-0.1, -0.05) is 30.3 Å². The maximum Gasteiger partial charge on any atom is 0.301 e. The first-order valence-corrected chi connectivity index (χ1v) is 8.18. The van der Waals surface area contributed by atoms with Crippen LogP contribution in [0, 0.1) is 0 Å². The predicted molar refractivity (Wildman–Crippen MR) is 82.6 cm³/mol. The van der Waals surface area contributed by atoms with Gasteiger partial charge in [-0.25, -0.2) is 4.39 Å². The maximum absolute atomic E-state index is 13.0. The van der Waals surface area contributed by atoms with Crippen molar-refractivity contribution in [2.45, 2.75) is 62.8 Å². The number of hydrogen-bond donors (Lipinski definition) is 1. The number of piperidine rings is 1. The monoisotopic (exact) mass is 325 g/mol. The zero-order valence-corrected chi connectivity index (χ0v) is 13.0. The van der Waals surface area contributed by atoms with E-state index in [0.717, 1.165) is 19.4 Å². The first-order chi connectivity index (χ1) is 11.0. The highest BCUT2D eigenvalue weighted by Gasteiger charge is 2.47. The molecule has 5 heteroatoms. The largest absolute Gasteiger partial charge is 0.390 e. The zero-order valence-electron chi connectivity index (χ0n) is 13.0. The third kappa shape index (κ3) is 3.78. The Morgan fingerprint density at radius 1 is 1.09 bits per heavy atom. The fraction of sp³-hybridized carbons (Fsp3) is 0.556. The lowest BCUT2D eigenvalue weighted by Crippen LogP contribution is -2.50. The minimum Gasteiger partial charge on any atom is -0.390 e. The van der Waals surface area contributed by atoms with Crippen LogP contribution in [0.15, 0.2) is 42.2 Å². The molecule has 2 aliphatic heterocycles. The van der Waals surface area contributed by atoms with Gasteiger partial charge in [0.1, 0.15) is 0 Å². The molecule has 1 aromatic carbocycles. The maximum atomic E-state index is 13.0. The van der Waals surface area contributed by atoms with Gasteiger partial charge in [0.2, 0.25) is 0 Å². The normalized spacial score (nSPS) is 30.4. The fourth-order valence-corrected chi connectivity index (χ4v) is 4.11. The van der Waals surface area contributed by atoms with E-state index in [0.29, 0.717) is 12.8 Å².